The first-order valence-corrected chi connectivity index (χ1v) is 8.47. The largest absolute Gasteiger partial charge is 0.246 e. The fourth-order valence-electron chi connectivity index (χ4n) is 1.67. The Hall–Kier alpha value is -1.27. The van der Waals surface area contributed by atoms with Gasteiger partial charge in [0, 0.05) is 10.1 Å². The molecule has 0 saturated heterocycles. The molecule has 0 aliphatic rings. The van der Waals surface area contributed by atoms with Crippen LogP contribution in [0.5, 0.6) is 0 Å². The molecule has 0 fully saturated rings. The Labute approximate surface area is 141 Å². The molecule has 0 amide bonds. The zero-order valence-electron chi connectivity index (χ0n) is 11.0. The van der Waals surface area contributed by atoms with Crippen molar-refractivity contribution in [1.29, 1.82) is 0 Å². The van der Waals surface area contributed by atoms with E-state index in [9.17, 15) is 30.4 Å². The fraction of sp³-hybridized carbons (Fsp3) is 0.0769. The molecule has 23 heavy (non-hydrogen) atoms. The van der Waals surface area contributed by atoms with Gasteiger partial charge in [-0.1, -0.05) is 12.1 Å². The molecule has 0 saturated carbocycles. The molecule has 0 radical (unpaired) electrons. The first-order valence-electron chi connectivity index (χ1n) is 5.90. The lowest BCUT2D eigenvalue weighted by Gasteiger charge is -2.10. The summed E-state index contributed by atoms with van der Waals surface area (Å²) in [6.07, 6.45) is 0. The standard InChI is InChI=1S/C13H7F5INO2S/c14-8-9(15)11(17)13(12(18)10(8)16)23(21,22)20-5-6-1-3-7(19)4-2-6/h1-4,20H,5H2. The molecule has 0 aromatic heterocycles. The van der Waals surface area contributed by atoms with Crippen LogP contribution in [0.2, 0.25) is 0 Å². The van der Waals surface area contributed by atoms with Gasteiger partial charge in [-0.25, -0.2) is 35.1 Å². The minimum absolute atomic E-state index is 0.376. The van der Waals surface area contributed by atoms with E-state index < -0.39 is 44.0 Å². The summed E-state index contributed by atoms with van der Waals surface area (Å²) < 4.78 is 92.6. The summed E-state index contributed by atoms with van der Waals surface area (Å²) in [5, 5.41) is 0. The van der Waals surface area contributed by atoms with Crippen molar-refractivity contribution in [3.8, 4) is 0 Å². The number of hydrogen-bond donors (Lipinski definition) is 1. The molecule has 2 aromatic rings. The van der Waals surface area contributed by atoms with Crippen LogP contribution in [0.4, 0.5) is 22.0 Å². The number of nitrogens with one attached hydrogen (secondary N) is 1. The van der Waals surface area contributed by atoms with Crippen molar-refractivity contribution in [3.63, 3.8) is 0 Å². The second-order valence-electron chi connectivity index (χ2n) is 4.35. The lowest BCUT2D eigenvalue weighted by molar-refractivity contribution is 0.357. The summed E-state index contributed by atoms with van der Waals surface area (Å²) in [6.45, 7) is -0.376. The van der Waals surface area contributed by atoms with Crippen molar-refractivity contribution in [1.82, 2.24) is 4.72 Å². The number of benzene rings is 2. The molecule has 124 valence electrons. The van der Waals surface area contributed by atoms with Crippen LogP contribution in [0.25, 0.3) is 0 Å². The van der Waals surface area contributed by atoms with E-state index in [1.807, 2.05) is 22.6 Å². The maximum Gasteiger partial charge on any atom is 0.246 e. The van der Waals surface area contributed by atoms with E-state index in [1.54, 1.807) is 29.0 Å². The Morgan fingerprint density at radius 3 is 1.74 bits per heavy atom. The lowest BCUT2D eigenvalue weighted by atomic mass is 10.2. The van der Waals surface area contributed by atoms with Crippen LogP contribution in [0, 0.1) is 32.7 Å². The van der Waals surface area contributed by atoms with Crippen LogP contribution in [-0.4, -0.2) is 8.42 Å². The van der Waals surface area contributed by atoms with E-state index in [-0.39, 0.29) is 6.54 Å². The maximum atomic E-state index is 13.5. The summed E-state index contributed by atoms with van der Waals surface area (Å²) in [4.78, 5) is -1.90. The minimum atomic E-state index is -4.94. The van der Waals surface area contributed by atoms with Crippen molar-refractivity contribution >= 4 is 32.6 Å². The van der Waals surface area contributed by atoms with Crippen molar-refractivity contribution in [2.24, 2.45) is 0 Å². The Bertz CT molecular complexity index is 827. The Morgan fingerprint density at radius 1 is 0.826 bits per heavy atom. The zero-order valence-corrected chi connectivity index (χ0v) is 14.0. The van der Waals surface area contributed by atoms with Crippen LogP contribution in [0.3, 0.4) is 0 Å². The third-order valence-corrected chi connectivity index (χ3v) is 4.96. The molecule has 3 nitrogen and oxygen atoms in total. The summed E-state index contributed by atoms with van der Waals surface area (Å²) in [5.41, 5.74) is 0.442. The maximum absolute atomic E-state index is 13.5. The lowest BCUT2D eigenvalue weighted by Crippen LogP contribution is -2.26. The van der Waals surface area contributed by atoms with E-state index in [4.69, 9.17) is 0 Å². The smallest absolute Gasteiger partial charge is 0.207 e. The van der Waals surface area contributed by atoms with Crippen molar-refractivity contribution in [2.45, 2.75) is 11.4 Å². The van der Waals surface area contributed by atoms with Crippen LogP contribution in [0.15, 0.2) is 29.2 Å². The molecule has 0 unspecified atom stereocenters. The molecule has 1 N–H and O–H groups in total. The number of sulfonamides is 1. The van der Waals surface area contributed by atoms with Crippen molar-refractivity contribution in [3.05, 3.63) is 62.5 Å². The van der Waals surface area contributed by atoms with Gasteiger partial charge in [0.1, 0.15) is 0 Å². The average Bonchev–Trinajstić information content (AvgIpc) is 2.50. The predicted molar refractivity (Wildman–Crippen MR) is 79.4 cm³/mol. The topological polar surface area (TPSA) is 46.2 Å². The molecule has 0 aliphatic carbocycles. The summed E-state index contributed by atoms with van der Waals surface area (Å²) in [6, 6.07) is 6.40. The normalized spacial score (nSPS) is 11.7. The summed E-state index contributed by atoms with van der Waals surface area (Å²) in [7, 11) is -4.94. The highest BCUT2D eigenvalue weighted by atomic mass is 127. The van der Waals surface area contributed by atoms with E-state index in [0.717, 1.165) is 3.57 Å². The molecule has 2 rings (SSSR count). The first kappa shape index (κ1) is 18.1. The highest BCUT2D eigenvalue weighted by Gasteiger charge is 2.33. The first-order chi connectivity index (χ1) is 10.6. The highest BCUT2D eigenvalue weighted by Crippen LogP contribution is 2.26. The molecule has 0 heterocycles. The van der Waals surface area contributed by atoms with Crippen LogP contribution in [-0.2, 0) is 16.6 Å². The van der Waals surface area contributed by atoms with Gasteiger partial charge in [0.15, 0.2) is 28.2 Å². The number of rotatable bonds is 4. The fourth-order valence-corrected chi connectivity index (χ4v) is 3.19. The second kappa shape index (κ2) is 6.69. The Kier molecular flexibility index (Phi) is 5.26. The van der Waals surface area contributed by atoms with Crippen LogP contribution >= 0.6 is 22.6 Å². The van der Waals surface area contributed by atoms with Gasteiger partial charge in [-0.05, 0) is 40.3 Å². The molecule has 0 bridgehead atoms. The van der Waals surface area contributed by atoms with Gasteiger partial charge >= 0.3 is 0 Å². The number of hydrogen-bond acceptors (Lipinski definition) is 2. The Morgan fingerprint density at radius 2 is 1.26 bits per heavy atom. The monoisotopic (exact) mass is 463 g/mol. The van der Waals surface area contributed by atoms with Gasteiger partial charge in [-0.3, -0.25) is 0 Å². The average molecular weight is 463 g/mol. The third-order valence-electron chi connectivity index (χ3n) is 2.82. The quantitative estimate of drug-likeness (QED) is 0.327. The van der Waals surface area contributed by atoms with Crippen molar-refractivity contribution in [2.75, 3.05) is 0 Å². The van der Waals surface area contributed by atoms with Gasteiger partial charge in [0.05, 0.1) is 0 Å². The summed E-state index contributed by atoms with van der Waals surface area (Å²) >= 11 is 2.01. The second-order valence-corrected chi connectivity index (χ2v) is 7.30. The van der Waals surface area contributed by atoms with Crippen LogP contribution in [0.1, 0.15) is 5.56 Å². The Balaban J connectivity index is 2.39. The molecular weight excluding hydrogens is 456 g/mol. The van der Waals surface area contributed by atoms with E-state index in [1.165, 1.54) is 0 Å². The SMILES string of the molecule is O=S(=O)(NCc1ccc(I)cc1)c1c(F)c(F)c(F)c(F)c1F. The van der Waals surface area contributed by atoms with Crippen molar-refractivity contribution < 1.29 is 30.4 Å². The zero-order chi connectivity index (χ0) is 17.4. The van der Waals surface area contributed by atoms with Gasteiger partial charge in [-0.15, -0.1) is 0 Å². The van der Waals surface area contributed by atoms with E-state index >= 15 is 0 Å². The minimum Gasteiger partial charge on any atom is -0.207 e. The molecule has 10 heteroatoms. The van der Waals surface area contributed by atoms with Gasteiger partial charge in [0.25, 0.3) is 0 Å². The van der Waals surface area contributed by atoms with Gasteiger partial charge in [0.2, 0.25) is 15.8 Å². The number of halogens is 6. The molecule has 0 atom stereocenters. The molecular formula is C13H7F5INO2S. The third kappa shape index (κ3) is 3.63. The summed E-state index contributed by atoms with van der Waals surface area (Å²) in [5.74, 6) is -11.9. The highest BCUT2D eigenvalue weighted by molar-refractivity contribution is 14.1. The molecule has 0 spiro atoms. The van der Waals surface area contributed by atoms with E-state index in [2.05, 4.69) is 0 Å². The molecule has 2 aromatic carbocycles. The predicted octanol–water partition coefficient (Wildman–Crippen LogP) is 3.47. The van der Waals surface area contributed by atoms with E-state index in [0.29, 0.717) is 5.56 Å². The van der Waals surface area contributed by atoms with Gasteiger partial charge < -0.3 is 0 Å². The van der Waals surface area contributed by atoms with Gasteiger partial charge in [-0.2, -0.15) is 0 Å². The molecule has 0 aliphatic heterocycles. The van der Waals surface area contributed by atoms with Crippen LogP contribution < -0.4 is 4.72 Å².